The topological polar surface area (TPSA) is 123 Å². The van der Waals surface area contributed by atoms with Gasteiger partial charge in [0.15, 0.2) is 6.04 Å². The Labute approximate surface area is 135 Å². The zero-order valence-electron chi connectivity index (χ0n) is 12.4. The molecule has 10 heteroatoms. The van der Waals surface area contributed by atoms with Gasteiger partial charge < -0.3 is 20.2 Å². The Morgan fingerprint density at radius 2 is 2.17 bits per heavy atom. The minimum atomic E-state index is -1.02. The molecule has 1 atom stereocenters. The minimum Gasteiger partial charge on any atom is -0.453 e. The highest BCUT2D eigenvalue weighted by atomic mass is 32.2. The average Bonchev–Trinajstić information content (AvgIpc) is 3.00. The van der Waals surface area contributed by atoms with Gasteiger partial charge in [0.25, 0.3) is 0 Å². The van der Waals surface area contributed by atoms with Gasteiger partial charge in [0.05, 0.1) is 17.6 Å². The van der Waals surface area contributed by atoms with Crippen molar-refractivity contribution in [1.82, 2.24) is 16.1 Å². The molecule has 1 unspecified atom stereocenters. The molecule has 2 amide bonds. The molecule has 0 radical (unpaired) electrons. The van der Waals surface area contributed by atoms with E-state index in [1.165, 1.54) is 14.2 Å². The van der Waals surface area contributed by atoms with Gasteiger partial charge in [-0.1, -0.05) is 0 Å². The predicted octanol–water partition coefficient (Wildman–Crippen LogP) is -0.985. The SMILES string of the molecule is CNC(=O)C1NOC2=C1C(=O)C(SCCNC(=O)OC)=CC2=O. The first kappa shape index (κ1) is 17.0. The highest BCUT2D eigenvalue weighted by Crippen LogP contribution is 2.32. The summed E-state index contributed by atoms with van der Waals surface area (Å²) in [4.78, 5) is 52.3. The van der Waals surface area contributed by atoms with E-state index in [1.807, 2.05) is 0 Å². The van der Waals surface area contributed by atoms with Crippen LogP contribution in [0.5, 0.6) is 0 Å². The van der Waals surface area contributed by atoms with Crippen LogP contribution in [0.1, 0.15) is 0 Å². The first-order chi connectivity index (χ1) is 11.0. The number of carbonyl (C=O) groups is 4. The molecule has 124 valence electrons. The number of likely N-dealkylation sites (N-methyl/N-ethyl adjacent to an activating group) is 1. The van der Waals surface area contributed by atoms with E-state index in [-0.39, 0.29) is 22.8 Å². The summed E-state index contributed by atoms with van der Waals surface area (Å²) in [5.41, 5.74) is 2.38. The van der Waals surface area contributed by atoms with Gasteiger partial charge in [0.1, 0.15) is 0 Å². The lowest BCUT2D eigenvalue weighted by molar-refractivity contribution is -0.124. The number of Topliss-reactive ketones (excluding diaryl/α,β-unsaturated/α-hetero) is 1. The number of allylic oxidation sites excluding steroid dienone is 2. The summed E-state index contributed by atoms with van der Waals surface area (Å²) in [5.74, 6) is -1.19. The number of thioether (sulfide) groups is 1. The molecule has 23 heavy (non-hydrogen) atoms. The second-order valence-electron chi connectivity index (χ2n) is 4.48. The quantitative estimate of drug-likeness (QED) is 0.430. The van der Waals surface area contributed by atoms with Gasteiger partial charge in [-0.3, -0.25) is 14.4 Å². The fraction of sp³-hybridized carbons (Fsp3) is 0.385. The van der Waals surface area contributed by atoms with Crippen LogP contribution in [-0.4, -0.2) is 56.1 Å². The number of alkyl carbamates (subject to hydrolysis) is 1. The lowest BCUT2D eigenvalue weighted by atomic mass is 9.95. The van der Waals surface area contributed by atoms with Crippen molar-refractivity contribution in [3.05, 3.63) is 22.3 Å². The Hall–Kier alpha value is -2.33. The van der Waals surface area contributed by atoms with Crippen LogP contribution in [0, 0.1) is 0 Å². The van der Waals surface area contributed by atoms with Crippen LogP contribution >= 0.6 is 11.8 Å². The molecule has 3 N–H and O–H groups in total. The molecular formula is C13H15N3O6S. The van der Waals surface area contributed by atoms with E-state index in [2.05, 4.69) is 20.9 Å². The van der Waals surface area contributed by atoms with Crippen LogP contribution in [0.2, 0.25) is 0 Å². The van der Waals surface area contributed by atoms with Crippen molar-refractivity contribution in [2.45, 2.75) is 6.04 Å². The highest BCUT2D eigenvalue weighted by molar-refractivity contribution is 8.04. The van der Waals surface area contributed by atoms with E-state index in [1.54, 1.807) is 0 Å². The third kappa shape index (κ3) is 3.54. The second-order valence-corrected chi connectivity index (χ2v) is 5.62. The van der Waals surface area contributed by atoms with Crippen molar-refractivity contribution in [1.29, 1.82) is 0 Å². The Balaban J connectivity index is 2.03. The van der Waals surface area contributed by atoms with Gasteiger partial charge in [-0.05, 0) is 0 Å². The molecule has 0 aromatic heterocycles. The van der Waals surface area contributed by atoms with Gasteiger partial charge in [0.2, 0.25) is 23.2 Å². The molecule has 0 spiro atoms. The highest BCUT2D eigenvalue weighted by Gasteiger charge is 2.43. The summed E-state index contributed by atoms with van der Waals surface area (Å²) < 4.78 is 4.42. The average molecular weight is 341 g/mol. The summed E-state index contributed by atoms with van der Waals surface area (Å²) in [6, 6.07) is -1.02. The Bertz CT molecular complexity index is 627. The normalized spacial score (nSPS) is 19.7. The summed E-state index contributed by atoms with van der Waals surface area (Å²) in [7, 11) is 2.66. The smallest absolute Gasteiger partial charge is 0.406 e. The summed E-state index contributed by atoms with van der Waals surface area (Å²) in [6.07, 6.45) is 0.585. The first-order valence-corrected chi connectivity index (χ1v) is 7.61. The molecule has 2 aliphatic rings. The summed E-state index contributed by atoms with van der Waals surface area (Å²) >= 11 is 1.10. The van der Waals surface area contributed by atoms with Crippen molar-refractivity contribution in [3.8, 4) is 0 Å². The minimum absolute atomic E-state index is 0.000257. The number of ketones is 2. The molecule has 1 heterocycles. The van der Waals surface area contributed by atoms with Crippen molar-refractivity contribution in [3.63, 3.8) is 0 Å². The van der Waals surface area contributed by atoms with Crippen LogP contribution in [0.15, 0.2) is 22.3 Å². The fourth-order valence-corrected chi connectivity index (χ4v) is 2.84. The maximum absolute atomic E-state index is 12.5. The number of methoxy groups -OCH3 is 1. The Kier molecular flexibility index (Phi) is 5.40. The number of carbonyl (C=O) groups excluding carboxylic acids is 4. The molecule has 1 aliphatic heterocycles. The van der Waals surface area contributed by atoms with E-state index in [0.29, 0.717) is 5.75 Å². The van der Waals surface area contributed by atoms with Crippen LogP contribution in [-0.2, 0) is 24.0 Å². The van der Waals surface area contributed by atoms with Crippen molar-refractivity contribution in [2.24, 2.45) is 0 Å². The Morgan fingerprint density at radius 3 is 2.83 bits per heavy atom. The number of nitrogens with one attached hydrogen (secondary N) is 3. The van der Waals surface area contributed by atoms with Crippen LogP contribution in [0.3, 0.4) is 0 Å². The third-order valence-electron chi connectivity index (χ3n) is 3.09. The van der Waals surface area contributed by atoms with Crippen LogP contribution in [0.25, 0.3) is 0 Å². The number of amides is 2. The maximum atomic E-state index is 12.5. The van der Waals surface area contributed by atoms with E-state index in [0.717, 1.165) is 17.8 Å². The van der Waals surface area contributed by atoms with Gasteiger partial charge in [-0.25, -0.2) is 4.79 Å². The molecule has 0 bridgehead atoms. The second kappa shape index (κ2) is 7.29. The molecule has 0 saturated heterocycles. The van der Waals surface area contributed by atoms with Gasteiger partial charge >= 0.3 is 6.09 Å². The lowest BCUT2D eigenvalue weighted by Crippen LogP contribution is -2.42. The fourth-order valence-electron chi connectivity index (χ4n) is 1.99. The lowest BCUT2D eigenvalue weighted by Gasteiger charge is -2.14. The number of hydrogen-bond acceptors (Lipinski definition) is 8. The molecule has 0 saturated carbocycles. The zero-order chi connectivity index (χ0) is 17.0. The number of hydroxylamine groups is 1. The molecule has 2 rings (SSSR count). The van der Waals surface area contributed by atoms with Crippen molar-refractivity contribution < 1.29 is 28.8 Å². The van der Waals surface area contributed by atoms with E-state index >= 15 is 0 Å². The Morgan fingerprint density at radius 1 is 1.43 bits per heavy atom. The first-order valence-electron chi connectivity index (χ1n) is 6.63. The van der Waals surface area contributed by atoms with Crippen LogP contribution < -0.4 is 16.1 Å². The predicted molar refractivity (Wildman–Crippen MR) is 80.1 cm³/mol. The van der Waals surface area contributed by atoms with E-state index in [4.69, 9.17) is 4.84 Å². The molecular weight excluding hydrogens is 326 g/mol. The third-order valence-corrected chi connectivity index (χ3v) is 4.11. The maximum Gasteiger partial charge on any atom is 0.406 e. The number of hydrogen-bond donors (Lipinski definition) is 3. The molecule has 0 aromatic rings. The molecule has 0 aromatic carbocycles. The largest absolute Gasteiger partial charge is 0.453 e. The number of ether oxygens (including phenoxy) is 1. The molecule has 9 nitrogen and oxygen atoms in total. The van der Waals surface area contributed by atoms with Crippen molar-refractivity contribution in [2.75, 3.05) is 26.5 Å². The van der Waals surface area contributed by atoms with Gasteiger partial charge in [-0.2, -0.15) is 0 Å². The van der Waals surface area contributed by atoms with Crippen molar-refractivity contribution >= 4 is 35.3 Å². The number of rotatable bonds is 5. The zero-order valence-corrected chi connectivity index (χ0v) is 13.2. The molecule has 1 aliphatic carbocycles. The summed E-state index contributed by atoms with van der Waals surface area (Å²) in [6.45, 7) is 0.260. The van der Waals surface area contributed by atoms with Gasteiger partial charge in [-0.15, -0.1) is 17.2 Å². The monoisotopic (exact) mass is 341 g/mol. The van der Waals surface area contributed by atoms with E-state index < -0.39 is 29.6 Å². The standard InChI is InChI=1S/C13H15N3O6S/c1-14-12(19)9-8-10(18)7(5-6(17)11(8)22-16-9)23-4-3-15-13(20)21-2/h5,9,16H,3-4H2,1-2H3,(H,14,19)(H,15,20). The molecule has 0 fully saturated rings. The van der Waals surface area contributed by atoms with Crippen LogP contribution in [0.4, 0.5) is 4.79 Å². The summed E-state index contributed by atoms with van der Waals surface area (Å²) in [5, 5.41) is 4.86. The van der Waals surface area contributed by atoms with Gasteiger partial charge in [0, 0.05) is 25.4 Å². The van der Waals surface area contributed by atoms with E-state index in [9.17, 15) is 19.2 Å².